The minimum absolute atomic E-state index is 0.216. The van der Waals surface area contributed by atoms with Crippen LogP contribution in [-0.4, -0.2) is 34.7 Å². The van der Waals surface area contributed by atoms with Crippen LogP contribution in [0.1, 0.15) is 18.6 Å². The first kappa shape index (κ1) is 15.2. The molecular formula is C17H19NO3S. The van der Waals surface area contributed by atoms with E-state index < -0.39 is 5.60 Å². The largest absolute Gasteiger partial charge is 0.457 e. The van der Waals surface area contributed by atoms with Crippen LogP contribution in [0.25, 0.3) is 17.0 Å². The minimum Gasteiger partial charge on any atom is -0.457 e. The molecule has 1 aromatic carbocycles. The van der Waals surface area contributed by atoms with Crippen LogP contribution in [0.15, 0.2) is 40.8 Å². The van der Waals surface area contributed by atoms with Crippen LogP contribution in [-0.2, 0) is 4.79 Å². The number of nitrogens with one attached hydrogen (secondary N) is 1. The van der Waals surface area contributed by atoms with Crippen molar-refractivity contribution in [3.63, 3.8) is 0 Å². The van der Waals surface area contributed by atoms with Gasteiger partial charge in [0.05, 0.1) is 5.60 Å². The lowest BCUT2D eigenvalue weighted by molar-refractivity contribution is -0.117. The molecule has 116 valence electrons. The van der Waals surface area contributed by atoms with Crippen molar-refractivity contribution in [2.75, 3.05) is 18.1 Å². The topological polar surface area (TPSA) is 62.5 Å². The third-order valence-electron chi connectivity index (χ3n) is 3.86. The molecule has 0 saturated carbocycles. The van der Waals surface area contributed by atoms with E-state index >= 15 is 0 Å². The fraction of sp³-hybridized carbons (Fsp3) is 0.353. The maximum absolute atomic E-state index is 11.9. The van der Waals surface area contributed by atoms with Crippen molar-refractivity contribution in [1.82, 2.24) is 5.32 Å². The summed E-state index contributed by atoms with van der Waals surface area (Å²) in [6.45, 7) is 0.302. The van der Waals surface area contributed by atoms with E-state index in [0.29, 0.717) is 12.3 Å². The lowest BCUT2D eigenvalue weighted by atomic mass is 9.97. The second-order valence-electron chi connectivity index (χ2n) is 5.57. The molecule has 0 atom stereocenters. The quantitative estimate of drug-likeness (QED) is 0.851. The minimum atomic E-state index is -0.756. The maximum Gasteiger partial charge on any atom is 0.244 e. The van der Waals surface area contributed by atoms with Gasteiger partial charge in [0.1, 0.15) is 11.3 Å². The highest BCUT2D eigenvalue weighted by atomic mass is 32.2. The van der Waals surface area contributed by atoms with E-state index in [9.17, 15) is 9.90 Å². The number of hydrogen-bond acceptors (Lipinski definition) is 4. The van der Waals surface area contributed by atoms with Crippen molar-refractivity contribution in [2.24, 2.45) is 0 Å². The predicted molar refractivity (Wildman–Crippen MR) is 89.8 cm³/mol. The van der Waals surface area contributed by atoms with Gasteiger partial charge < -0.3 is 14.8 Å². The van der Waals surface area contributed by atoms with Crippen molar-refractivity contribution in [3.05, 3.63) is 42.2 Å². The molecule has 4 nitrogen and oxygen atoms in total. The Labute approximate surface area is 133 Å². The van der Waals surface area contributed by atoms with Crippen LogP contribution in [0.3, 0.4) is 0 Å². The molecule has 1 aliphatic rings. The standard InChI is InChI=1S/C17H19NO3S/c19-16(18-12-17(20)7-9-22-10-8-17)6-5-14-11-13-3-1-2-4-15(13)21-14/h1-6,11,20H,7-10,12H2,(H,18,19). The zero-order chi connectivity index (χ0) is 15.4. The average Bonchev–Trinajstić information content (AvgIpc) is 2.95. The number of thioether (sulfide) groups is 1. The molecule has 3 rings (SSSR count). The zero-order valence-electron chi connectivity index (χ0n) is 12.2. The molecule has 2 N–H and O–H groups in total. The predicted octanol–water partition coefficient (Wildman–Crippen LogP) is 2.82. The normalized spacial score (nSPS) is 17.9. The molecule has 1 fully saturated rings. The number of rotatable bonds is 4. The van der Waals surface area contributed by atoms with Crippen molar-refractivity contribution in [1.29, 1.82) is 0 Å². The number of furan rings is 1. The fourth-order valence-corrected chi connectivity index (χ4v) is 3.73. The lowest BCUT2D eigenvalue weighted by Gasteiger charge is -2.31. The van der Waals surface area contributed by atoms with E-state index in [1.807, 2.05) is 42.1 Å². The third kappa shape index (κ3) is 3.72. The molecular weight excluding hydrogens is 298 g/mol. The smallest absolute Gasteiger partial charge is 0.244 e. The van der Waals surface area contributed by atoms with Gasteiger partial charge in [-0.3, -0.25) is 4.79 Å². The van der Waals surface area contributed by atoms with Crippen molar-refractivity contribution in [3.8, 4) is 0 Å². The van der Waals surface area contributed by atoms with E-state index in [-0.39, 0.29) is 5.91 Å². The van der Waals surface area contributed by atoms with E-state index in [0.717, 1.165) is 35.3 Å². The average molecular weight is 317 g/mol. The molecule has 1 amide bonds. The first-order chi connectivity index (χ1) is 10.6. The van der Waals surface area contributed by atoms with Crippen LogP contribution in [0.2, 0.25) is 0 Å². The van der Waals surface area contributed by atoms with Gasteiger partial charge in [0, 0.05) is 18.0 Å². The van der Waals surface area contributed by atoms with Crippen LogP contribution < -0.4 is 5.32 Å². The Morgan fingerprint density at radius 3 is 2.91 bits per heavy atom. The van der Waals surface area contributed by atoms with E-state index in [2.05, 4.69) is 5.32 Å². The van der Waals surface area contributed by atoms with Crippen LogP contribution in [0.4, 0.5) is 0 Å². The summed E-state index contributed by atoms with van der Waals surface area (Å²) in [4.78, 5) is 11.9. The molecule has 22 heavy (non-hydrogen) atoms. The fourth-order valence-electron chi connectivity index (χ4n) is 2.48. The zero-order valence-corrected chi connectivity index (χ0v) is 13.1. The number of carbonyl (C=O) groups is 1. The molecule has 1 aromatic heterocycles. The van der Waals surface area contributed by atoms with Crippen molar-refractivity contribution in [2.45, 2.75) is 18.4 Å². The summed E-state index contributed by atoms with van der Waals surface area (Å²) in [5, 5.41) is 14.1. The van der Waals surface area contributed by atoms with Crippen LogP contribution in [0.5, 0.6) is 0 Å². The number of benzene rings is 1. The first-order valence-corrected chi connectivity index (χ1v) is 8.55. The molecule has 0 radical (unpaired) electrons. The summed E-state index contributed by atoms with van der Waals surface area (Å²) in [7, 11) is 0. The summed E-state index contributed by atoms with van der Waals surface area (Å²) < 4.78 is 5.61. The summed E-state index contributed by atoms with van der Waals surface area (Å²) in [5.41, 5.74) is 0.0465. The Morgan fingerprint density at radius 1 is 1.36 bits per heavy atom. The van der Waals surface area contributed by atoms with Gasteiger partial charge in [0.25, 0.3) is 0 Å². The molecule has 2 aromatic rings. The van der Waals surface area contributed by atoms with Crippen LogP contribution >= 0.6 is 11.8 Å². The number of para-hydroxylation sites is 1. The molecule has 1 aliphatic heterocycles. The molecule has 0 spiro atoms. The van der Waals surface area contributed by atoms with E-state index in [4.69, 9.17) is 4.42 Å². The molecule has 5 heteroatoms. The Bertz CT molecular complexity index is 653. The lowest BCUT2D eigenvalue weighted by Crippen LogP contribution is -2.44. The number of amides is 1. The van der Waals surface area contributed by atoms with Gasteiger partial charge in [0.15, 0.2) is 0 Å². The molecule has 0 aliphatic carbocycles. The van der Waals surface area contributed by atoms with Crippen LogP contribution in [0, 0.1) is 0 Å². The molecule has 2 heterocycles. The Hall–Kier alpha value is -1.72. The second-order valence-corrected chi connectivity index (χ2v) is 6.80. The number of carbonyl (C=O) groups excluding carboxylic acids is 1. The second kappa shape index (κ2) is 6.58. The number of fused-ring (bicyclic) bond motifs is 1. The summed E-state index contributed by atoms with van der Waals surface area (Å²) >= 11 is 1.84. The Morgan fingerprint density at radius 2 is 2.14 bits per heavy atom. The third-order valence-corrected chi connectivity index (χ3v) is 4.84. The Balaban J connectivity index is 1.56. The van der Waals surface area contributed by atoms with Gasteiger partial charge in [0.2, 0.25) is 5.91 Å². The molecule has 0 bridgehead atoms. The maximum atomic E-state index is 11.9. The monoisotopic (exact) mass is 317 g/mol. The van der Waals surface area contributed by atoms with Gasteiger partial charge in [-0.15, -0.1) is 0 Å². The number of hydrogen-bond donors (Lipinski definition) is 2. The highest BCUT2D eigenvalue weighted by Gasteiger charge is 2.29. The number of aliphatic hydroxyl groups is 1. The SMILES string of the molecule is O=C(C=Cc1cc2ccccc2o1)NCC1(O)CCSCC1. The van der Waals surface area contributed by atoms with E-state index in [1.165, 1.54) is 6.08 Å². The molecule has 1 saturated heterocycles. The van der Waals surface area contributed by atoms with Gasteiger partial charge in [-0.25, -0.2) is 0 Å². The summed E-state index contributed by atoms with van der Waals surface area (Å²) in [6, 6.07) is 9.61. The van der Waals surface area contributed by atoms with Gasteiger partial charge in [-0.2, -0.15) is 11.8 Å². The van der Waals surface area contributed by atoms with Crippen molar-refractivity contribution >= 4 is 34.7 Å². The summed E-state index contributed by atoms with van der Waals surface area (Å²) in [6.07, 6.45) is 4.55. The highest BCUT2D eigenvalue weighted by Crippen LogP contribution is 2.26. The highest BCUT2D eigenvalue weighted by molar-refractivity contribution is 7.99. The van der Waals surface area contributed by atoms with Gasteiger partial charge in [-0.1, -0.05) is 18.2 Å². The van der Waals surface area contributed by atoms with Crippen molar-refractivity contribution < 1.29 is 14.3 Å². The molecule has 0 unspecified atom stereocenters. The van der Waals surface area contributed by atoms with Gasteiger partial charge >= 0.3 is 0 Å². The van der Waals surface area contributed by atoms with E-state index in [1.54, 1.807) is 6.08 Å². The first-order valence-electron chi connectivity index (χ1n) is 7.39. The summed E-state index contributed by atoms with van der Waals surface area (Å²) in [5.74, 6) is 2.32. The van der Waals surface area contributed by atoms with Gasteiger partial charge in [-0.05, 0) is 42.6 Å². The Kier molecular flexibility index (Phi) is 4.55.